The van der Waals surface area contributed by atoms with E-state index in [2.05, 4.69) is 53.9 Å². The highest BCUT2D eigenvalue weighted by atomic mass is 15.1. The second kappa shape index (κ2) is 5.38. The van der Waals surface area contributed by atoms with Crippen molar-refractivity contribution in [3.05, 3.63) is 36.0 Å². The molecular formula is C17H24N2. The summed E-state index contributed by atoms with van der Waals surface area (Å²) in [5, 5.41) is 1.40. The van der Waals surface area contributed by atoms with E-state index < -0.39 is 0 Å². The van der Waals surface area contributed by atoms with Gasteiger partial charge in [0.2, 0.25) is 0 Å². The van der Waals surface area contributed by atoms with Gasteiger partial charge < -0.3 is 9.47 Å². The fourth-order valence-electron chi connectivity index (χ4n) is 3.37. The van der Waals surface area contributed by atoms with Crippen molar-refractivity contribution < 1.29 is 0 Å². The molecular weight excluding hydrogens is 232 g/mol. The van der Waals surface area contributed by atoms with Gasteiger partial charge in [0, 0.05) is 29.7 Å². The molecule has 3 rings (SSSR count). The minimum absolute atomic E-state index is 0.774. The van der Waals surface area contributed by atoms with Gasteiger partial charge in [0.15, 0.2) is 0 Å². The molecule has 0 spiro atoms. The Morgan fingerprint density at radius 3 is 2.95 bits per heavy atom. The Balaban J connectivity index is 1.73. The average Bonchev–Trinajstić information content (AvgIpc) is 2.83. The van der Waals surface area contributed by atoms with Gasteiger partial charge in [-0.15, -0.1) is 0 Å². The van der Waals surface area contributed by atoms with Gasteiger partial charge in [-0.1, -0.05) is 18.6 Å². The molecule has 2 heteroatoms. The molecule has 1 saturated heterocycles. The first-order valence-corrected chi connectivity index (χ1v) is 7.50. The number of hydrogen-bond acceptors (Lipinski definition) is 1. The number of hydrogen-bond donors (Lipinski definition) is 0. The van der Waals surface area contributed by atoms with E-state index in [-0.39, 0.29) is 0 Å². The van der Waals surface area contributed by atoms with Crippen LogP contribution in [0, 0.1) is 6.92 Å². The van der Waals surface area contributed by atoms with Crippen LogP contribution in [0.2, 0.25) is 0 Å². The predicted molar refractivity (Wildman–Crippen MR) is 81.6 cm³/mol. The molecule has 0 bridgehead atoms. The zero-order chi connectivity index (χ0) is 13.2. The van der Waals surface area contributed by atoms with Crippen molar-refractivity contribution in [2.24, 2.45) is 0 Å². The number of benzene rings is 1. The highest BCUT2D eigenvalue weighted by Crippen LogP contribution is 2.22. The first kappa shape index (κ1) is 12.7. The largest absolute Gasteiger partial charge is 0.347 e. The lowest BCUT2D eigenvalue weighted by Gasteiger charge is -2.32. The Kier molecular flexibility index (Phi) is 3.61. The van der Waals surface area contributed by atoms with Crippen molar-refractivity contribution in [1.82, 2.24) is 9.47 Å². The van der Waals surface area contributed by atoms with E-state index in [1.165, 1.54) is 48.7 Å². The molecule has 1 fully saturated rings. The topological polar surface area (TPSA) is 8.17 Å². The third-order valence-corrected chi connectivity index (χ3v) is 4.66. The number of fused-ring (bicyclic) bond motifs is 1. The van der Waals surface area contributed by atoms with Crippen molar-refractivity contribution in [1.29, 1.82) is 0 Å². The van der Waals surface area contributed by atoms with E-state index in [4.69, 9.17) is 0 Å². The van der Waals surface area contributed by atoms with E-state index in [0.29, 0.717) is 0 Å². The molecule has 1 aromatic carbocycles. The lowest BCUT2D eigenvalue weighted by Crippen LogP contribution is -2.36. The lowest BCUT2D eigenvalue weighted by molar-refractivity contribution is 0.171. The maximum atomic E-state index is 2.54. The molecule has 2 heterocycles. The van der Waals surface area contributed by atoms with Gasteiger partial charge in [0.1, 0.15) is 0 Å². The first-order valence-electron chi connectivity index (χ1n) is 7.50. The monoisotopic (exact) mass is 256 g/mol. The maximum absolute atomic E-state index is 2.54. The van der Waals surface area contributed by atoms with Gasteiger partial charge in [-0.3, -0.25) is 0 Å². The Bertz CT molecular complexity index is 555. The molecule has 0 aliphatic carbocycles. The highest BCUT2D eigenvalue weighted by Gasteiger charge is 2.18. The van der Waals surface area contributed by atoms with E-state index in [9.17, 15) is 0 Å². The number of likely N-dealkylation sites (tertiary alicyclic amines) is 1. The van der Waals surface area contributed by atoms with Crippen LogP contribution in [-0.4, -0.2) is 29.1 Å². The molecule has 19 heavy (non-hydrogen) atoms. The zero-order valence-electron chi connectivity index (χ0n) is 12.1. The van der Waals surface area contributed by atoms with E-state index in [1.54, 1.807) is 0 Å². The summed E-state index contributed by atoms with van der Waals surface area (Å²) in [6, 6.07) is 9.64. The number of aromatic nitrogens is 1. The van der Waals surface area contributed by atoms with Crippen molar-refractivity contribution in [2.45, 2.75) is 45.2 Å². The Morgan fingerprint density at radius 2 is 2.11 bits per heavy atom. The second-order valence-corrected chi connectivity index (χ2v) is 5.94. The molecule has 1 atom stereocenters. The fraction of sp³-hybridized carbons (Fsp3) is 0.529. The zero-order valence-corrected chi connectivity index (χ0v) is 12.1. The number of piperidine rings is 1. The van der Waals surface area contributed by atoms with Crippen LogP contribution in [0.15, 0.2) is 30.5 Å². The normalized spacial score (nSPS) is 21.1. The van der Waals surface area contributed by atoms with Gasteiger partial charge in [-0.25, -0.2) is 0 Å². The van der Waals surface area contributed by atoms with Crippen LogP contribution in [0.4, 0.5) is 0 Å². The molecule has 0 amide bonds. The molecule has 2 nitrogen and oxygen atoms in total. The predicted octanol–water partition coefficient (Wildman–Crippen LogP) is 3.82. The van der Waals surface area contributed by atoms with Gasteiger partial charge in [0.05, 0.1) is 0 Å². The Labute approximate surface area is 116 Å². The Hall–Kier alpha value is -1.28. The minimum atomic E-state index is 0.774. The van der Waals surface area contributed by atoms with E-state index in [1.807, 2.05) is 0 Å². The van der Waals surface area contributed by atoms with Gasteiger partial charge in [-0.05, 0) is 57.5 Å². The number of aryl methyl sites for hydroxylation is 2. The summed E-state index contributed by atoms with van der Waals surface area (Å²) in [5.74, 6) is 0. The summed E-state index contributed by atoms with van der Waals surface area (Å²) in [5.41, 5.74) is 2.77. The molecule has 1 aromatic heterocycles. The summed E-state index contributed by atoms with van der Waals surface area (Å²) in [6.45, 7) is 4.61. The minimum Gasteiger partial charge on any atom is -0.347 e. The van der Waals surface area contributed by atoms with Crippen LogP contribution in [-0.2, 0) is 6.54 Å². The quantitative estimate of drug-likeness (QED) is 0.810. The summed E-state index contributed by atoms with van der Waals surface area (Å²) in [6.07, 6.45) is 7.67. The van der Waals surface area contributed by atoms with Gasteiger partial charge in [0.25, 0.3) is 0 Å². The Morgan fingerprint density at radius 1 is 1.21 bits per heavy atom. The number of rotatable bonds is 3. The molecule has 0 N–H and O–H groups in total. The number of nitrogens with zero attached hydrogens (tertiary/aromatic N) is 2. The highest BCUT2D eigenvalue weighted by molar-refractivity contribution is 5.83. The molecule has 1 unspecified atom stereocenters. The summed E-state index contributed by atoms with van der Waals surface area (Å²) < 4.78 is 2.42. The third-order valence-electron chi connectivity index (χ3n) is 4.66. The van der Waals surface area contributed by atoms with Crippen LogP contribution in [0.25, 0.3) is 10.9 Å². The SMILES string of the molecule is Cc1cccc2c1ccn2CCC1CCCCN1C. The van der Waals surface area contributed by atoms with Crippen molar-refractivity contribution in [3.63, 3.8) is 0 Å². The molecule has 2 aromatic rings. The molecule has 0 saturated carbocycles. The molecule has 1 aliphatic heterocycles. The van der Waals surface area contributed by atoms with Crippen molar-refractivity contribution in [2.75, 3.05) is 13.6 Å². The van der Waals surface area contributed by atoms with Crippen LogP contribution >= 0.6 is 0 Å². The smallest absolute Gasteiger partial charge is 0.0482 e. The van der Waals surface area contributed by atoms with Crippen LogP contribution < -0.4 is 0 Å². The van der Waals surface area contributed by atoms with Crippen molar-refractivity contribution in [3.8, 4) is 0 Å². The summed E-state index contributed by atoms with van der Waals surface area (Å²) >= 11 is 0. The van der Waals surface area contributed by atoms with Crippen molar-refractivity contribution >= 4 is 10.9 Å². The van der Waals surface area contributed by atoms with Gasteiger partial charge >= 0.3 is 0 Å². The summed E-state index contributed by atoms with van der Waals surface area (Å²) in [4.78, 5) is 2.54. The molecule has 1 aliphatic rings. The third kappa shape index (κ3) is 2.55. The maximum Gasteiger partial charge on any atom is 0.0482 e. The molecule has 102 valence electrons. The van der Waals surface area contributed by atoms with Crippen LogP contribution in [0.3, 0.4) is 0 Å². The van der Waals surface area contributed by atoms with Crippen LogP contribution in [0.1, 0.15) is 31.2 Å². The van der Waals surface area contributed by atoms with E-state index in [0.717, 1.165) is 12.6 Å². The average molecular weight is 256 g/mol. The molecule has 0 radical (unpaired) electrons. The summed E-state index contributed by atoms with van der Waals surface area (Å²) in [7, 11) is 2.28. The van der Waals surface area contributed by atoms with Gasteiger partial charge in [-0.2, -0.15) is 0 Å². The fourth-order valence-corrected chi connectivity index (χ4v) is 3.37. The lowest BCUT2D eigenvalue weighted by atomic mass is 10.0. The van der Waals surface area contributed by atoms with Crippen LogP contribution in [0.5, 0.6) is 0 Å². The standard InChI is InChI=1S/C17H24N2/c1-14-6-5-8-17-16(14)10-13-19(17)12-9-15-7-3-4-11-18(15)2/h5-6,8,10,13,15H,3-4,7,9,11-12H2,1-2H3. The second-order valence-electron chi connectivity index (χ2n) is 5.94. The van der Waals surface area contributed by atoms with E-state index >= 15 is 0 Å². The first-order chi connectivity index (χ1) is 9.25.